The molecule has 0 fully saturated rings. The molecule has 4 nitrogen and oxygen atoms in total. The standard InChI is InChI=1S/C22H20Cl3N3OS/c1-14-11-16(15(2)28(14)21-8-5-18(24)12-20(21)25)13-26-27-22(29)9-10-30-19-6-3-17(23)4-7-19/h3-8,11-13H,9-10H2,1-2H3,(H,27,29)/b26-13+. The van der Waals surface area contributed by atoms with Crippen molar-refractivity contribution in [1.29, 1.82) is 0 Å². The highest BCUT2D eigenvalue weighted by molar-refractivity contribution is 7.99. The molecule has 0 radical (unpaired) electrons. The van der Waals surface area contributed by atoms with E-state index in [1.807, 2.05) is 54.8 Å². The van der Waals surface area contributed by atoms with Crippen molar-refractivity contribution in [2.75, 3.05) is 5.75 Å². The SMILES string of the molecule is Cc1cc(/C=N/NC(=O)CCSc2ccc(Cl)cc2)c(C)n1-c1ccc(Cl)cc1Cl. The number of rotatable bonds is 7. The van der Waals surface area contributed by atoms with Gasteiger partial charge in [0.2, 0.25) is 5.91 Å². The summed E-state index contributed by atoms with van der Waals surface area (Å²) in [5, 5.41) is 5.96. The molecule has 0 atom stereocenters. The molecule has 0 aliphatic heterocycles. The van der Waals surface area contributed by atoms with Gasteiger partial charge in [0.15, 0.2) is 0 Å². The molecule has 8 heteroatoms. The molecular formula is C22H20Cl3N3OS. The first-order chi connectivity index (χ1) is 14.3. The summed E-state index contributed by atoms with van der Waals surface area (Å²) in [6.45, 7) is 3.96. The van der Waals surface area contributed by atoms with Gasteiger partial charge in [-0.3, -0.25) is 4.79 Å². The minimum absolute atomic E-state index is 0.137. The third kappa shape index (κ3) is 5.82. The Morgan fingerprint density at radius 1 is 1.07 bits per heavy atom. The second-order valence-corrected chi connectivity index (χ2v) is 9.05. The maximum atomic E-state index is 12.0. The summed E-state index contributed by atoms with van der Waals surface area (Å²) >= 11 is 19.8. The van der Waals surface area contributed by atoms with Crippen molar-refractivity contribution in [2.45, 2.75) is 25.2 Å². The summed E-state index contributed by atoms with van der Waals surface area (Å²) in [5.41, 5.74) is 6.30. The van der Waals surface area contributed by atoms with Crippen molar-refractivity contribution in [3.8, 4) is 5.69 Å². The molecule has 2 aromatic carbocycles. The first-order valence-corrected chi connectivity index (χ1v) is 11.3. The highest BCUT2D eigenvalue weighted by Crippen LogP contribution is 2.28. The Morgan fingerprint density at radius 3 is 2.47 bits per heavy atom. The van der Waals surface area contributed by atoms with E-state index in [4.69, 9.17) is 34.8 Å². The fraction of sp³-hybridized carbons (Fsp3) is 0.182. The van der Waals surface area contributed by atoms with Crippen molar-refractivity contribution in [1.82, 2.24) is 9.99 Å². The molecule has 0 unspecified atom stereocenters. The second kappa shape index (κ2) is 10.4. The van der Waals surface area contributed by atoms with Gasteiger partial charge < -0.3 is 4.57 Å². The Kier molecular flexibility index (Phi) is 7.89. The van der Waals surface area contributed by atoms with Crippen LogP contribution in [0, 0.1) is 13.8 Å². The van der Waals surface area contributed by atoms with Gasteiger partial charge in [-0.1, -0.05) is 34.8 Å². The minimum atomic E-state index is -0.137. The molecule has 156 valence electrons. The van der Waals surface area contributed by atoms with Gasteiger partial charge in [0.25, 0.3) is 0 Å². The van der Waals surface area contributed by atoms with Crippen molar-refractivity contribution >= 4 is 58.7 Å². The van der Waals surface area contributed by atoms with Crippen LogP contribution in [0.2, 0.25) is 15.1 Å². The smallest absolute Gasteiger partial charge is 0.240 e. The topological polar surface area (TPSA) is 46.4 Å². The van der Waals surface area contributed by atoms with Gasteiger partial charge in [0.1, 0.15) is 0 Å². The van der Waals surface area contributed by atoms with Crippen molar-refractivity contribution < 1.29 is 4.79 Å². The number of halogens is 3. The van der Waals surface area contributed by atoms with E-state index in [0.717, 1.165) is 27.5 Å². The number of carbonyl (C=O) groups is 1. The molecule has 1 aromatic heterocycles. The summed E-state index contributed by atoms with van der Waals surface area (Å²) in [4.78, 5) is 13.1. The number of carbonyl (C=O) groups excluding carboxylic acids is 1. The van der Waals surface area contributed by atoms with Crippen LogP contribution in [0.3, 0.4) is 0 Å². The van der Waals surface area contributed by atoms with Gasteiger partial charge in [0.05, 0.1) is 16.9 Å². The summed E-state index contributed by atoms with van der Waals surface area (Å²) in [7, 11) is 0. The number of aromatic nitrogens is 1. The number of hydrogen-bond acceptors (Lipinski definition) is 3. The molecule has 1 N–H and O–H groups in total. The van der Waals surface area contributed by atoms with Crippen LogP contribution in [-0.2, 0) is 4.79 Å². The van der Waals surface area contributed by atoms with Gasteiger partial charge in [0, 0.05) is 44.1 Å². The first-order valence-electron chi connectivity index (χ1n) is 9.20. The molecule has 0 aliphatic carbocycles. The number of thioether (sulfide) groups is 1. The molecular weight excluding hydrogens is 461 g/mol. The average molecular weight is 481 g/mol. The molecule has 0 saturated heterocycles. The molecule has 3 aromatic rings. The highest BCUT2D eigenvalue weighted by atomic mass is 35.5. The minimum Gasteiger partial charge on any atom is -0.316 e. The number of hydrogen-bond donors (Lipinski definition) is 1. The van der Waals surface area contributed by atoms with Crippen molar-refractivity contribution in [3.63, 3.8) is 0 Å². The number of amides is 1. The van der Waals surface area contributed by atoms with Crippen LogP contribution in [0.5, 0.6) is 0 Å². The molecule has 0 saturated carbocycles. The lowest BCUT2D eigenvalue weighted by molar-refractivity contribution is -0.120. The van der Waals surface area contributed by atoms with Gasteiger partial charge in [-0.15, -0.1) is 11.8 Å². The maximum Gasteiger partial charge on any atom is 0.240 e. The quantitative estimate of drug-likeness (QED) is 0.233. The normalized spacial score (nSPS) is 11.2. The van der Waals surface area contributed by atoms with Crippen LogP contribution in [-0.4, -0.2) is 22.4 Å². The zero-order chi connectivity index (χ0) is 21.7. The number of benzene rings is 2. The summed E-state index contributed by atoms with van der Waals surface area (Å²) in [6.07, 6.45) is 2.01. The van der Waals surface area contributed by atoms with Crippen LogP contribution in [0.1, 0.15) is 23.4 Å². The van der Waals surface area contributed by atoms with Crippen LogP contribution < -0.4 is 5.43 Å². The van der Waals surface area contributed by atoms with Gasteiger partial charge in [-0.25, -0.2) is 5.43 Å². The molecule has 3 rings (SSSR count). The summed E-state index contributed by atoms with van der Waals surface area (Å²) < 4.78 is 2.03. The largest absolute Gasteiger partial charge is 0.316 e. The Bertz CT molecular complexity index is 1080. The lowest BCUT2D eigenvalue weighted by atomic mass is 10.2. The van der Waals surface area contributed by atoms with Crippen LogP contribution in [0.15, 0.2) is 58.5 Å². The van der Waals surface area contributed by atoms with E-state index in [9.17, 15) is 4.79 Å². The molecule has 1 heterocycles. The summed E-state index contributed by atoms with van der Waals surface area (Å²) in [5.74, 6) is 0.523. The number of nitrogens with one attached hydrogen (secondary N) is 1. The van der Waals surface area contributed by atoms with E-state index < -0.39 is 0 Å². The third-order valence-corrected chi connectivity index (χ3v) is 6.23. The van der Waals surface area contributed by atoms with E-state index in [0.29, 0.717) is 27.2 Å². The van der Waals surface area contributed by atoms with Crippen LogP contribution >= 0.6 is 46.6 Å². The number of aryl methyl sites for hydroxylation is 1. The van der Waals surface area contributed by atoms with Crippen LogP contribution in [0.4, 0.5) is 0 Å². The first kappa shape index (κ1) is 22.8. The Hall–Kier alpha value is -1.92. The average Bonchev–Trinajstić information content (AvgIpc) is 2.97. The van der Waals surface area contributed by atoms with Gasteiger partial charge in [-0.05, 0) is 62.4 Å². The predicted octanol–water partition coefficient (Wildman–Crippen LogP) is 6.69. The predicted molar refractivity (Wildman–Crippen MR) is 128 cm³/mol. The lowest BCUT2D eigenvalue weighted by Crippen LogP contribution is -2.17. The Morgan fingerprint density at radius 2 is 1.77 bits per heavy atom. The Labute approximate surface area is 195 Å². The Balaban J connectivity index is 1.58. The number of hydrazone groups is 1. The molecule has 30 heavy (non-hydrogen) atoms. The van der Waals surface area contributed by atoms with Crippen molar-refractivity contribution in [2.24, 2.45) is 5.10 Å². The number of nitrogens with zero attached hydrogens (tertiary/aromatic N) is 2. The van der Waals surface area contributed by atoms with E-state index in [1.54, 1.807) is 30.1 Å². The molecule has 0 spiro atoms. The van der Waals surface area contributed by atoms with Crippen molar-refractivity contribution in [3.05, 3.63) is 80.6 Å². The van der Waals surface area contributed by atoms with Gasteiger partial charge in [-0.2, -0.15) is 5.10 Å². The lowest BCUT2D eigenvalue weighted by Gasteiger charge is -2.11. The molecule has 0 aliphatic rings. The van der Waals surface area contributed by atoms with E-state index in [1.165, 1.54) is 0 Å². The van der Waals surface area contributed by atoms with E-state index >= 15 is 0 Å². The van der Waals surface area contributed by atoms with E-state index in [2.05, 4.69) is 10.5 Å². The van der Waals surface area contributed by atoms with Gasteiger partial charge >= 0.3 is 0 Å². The molecule has 1 amide bonds. The zero-order valence-electron chi connectivity index (χ0n) is 16.5. The van der Waals surface area contributed by atoms with Crippen LogP contribution in [0.25, 0.3) is 5.69 Å². The van der Waals surface area contributed by atoms with E-state index in [-0.39, 0.29) is 5.91 Å². The fourth-order valence-electron chi connectivity index (χ4n) is 2.97. The second-order valence-electron chi connectivity index (χ2n) is 6.60. The highest BCUT2D eigenvalue weighted by Gasteiger charge is 2.12. The zero-order valence-corrected chi connectivity index (χ0v) is 19.5. The fourth-order valence-corrected chi connectivity index (χ4v) is 4.44. The molecule has 0 bridgehead atoms. The monoisotopic (exact) mass is 479 g/mol. The maximum absolute atomic E-state index is 12.0. The third-order valence-electron chi connectivity index (χ3n) is 4.43. The summed E-state index contributed by atoms with van der Waals surface area (Å²) in [6, 6.07) is 14.9.